The van der Waals surface area contributed by atoms with Gasteiger partial charge in [-0.3, -0.25) is 14.3 Å². The molecule has 9 heteroatoms. The van der Waals surface area contributed by atoms with Crippen LogP contribution < -0.4 is 24.8 Å². The number of ether oxygens (including phenoxy) is 3. The number of amides is 2. The Morgan fingerprint density at radius 2 is 1.84 bits per heavy atom. The quantitative estimate of drug-likeness (QED) is 0.386. The van der Waals surface area contributed by atoms with Crippen molar-refractivity contribution in [3.8, 4) is 28.5 Å². The van der Waals surface area contributed by atoms with Gasteiger partial charge in [-0.1, -0.05) is 30.3 Å². The molecule has 4 aromatic rings. The van der Waals surface area contributed by atoms with Crippen LogP contribution in [0, 0.1) is 0 Å². The lowest BCUT2D eigenvalue weighted by atomic mass is 10.1. The molecule has 0 radical (unpaired) electrons. The third-order valence-corrected chi connectivity index (χ3v) is 6.02. The molecule has 3 aromatic carbocycles. The molecule has 2 heterocycles. The summed E-state index contributed by atoms with van der Waals surface area (Å²) in [6, 6.07) is 20.4. The largest absolute Gasteiger partial charge is 0.493 e. The van der Waals surface area contributed by atoms with Crippen LogP contribution in [-0.2, 0) is 11.3 Å². The van der Waals surface area contributed by atoms with E-state index in [1.807, 2.05) is 36.4 Å². The molecule has 1 aromatic heterocycles. The van der Waals surface area contributed by atoms with Gasteiger partial charge < -0.3 is 24.8 Å². The first-order chi connectivity index (χ1) is 17.9. The summed E-state index contributed by atoms with van der Waals surface area (Å²) in [4.78, 5) is 25.5. The number of rotatable bonds is 7. The molecule has 0 spiro atoms. The van der Waals surface area contributed by atoms with Crippen molar-refractivity contribution in [3.63, 3.8) is 0 Å². The first-order valence-corrected chi connectivity index (χ1v) is 11.7. The number of hydrogen-bond acceptors (Lipinski definition) is 6. The van der Waals surface area contributed by atoms with Gasteiger partial charge in [0, 0.05) is 17.4 Å². The molecule has 0 saturated carbocycles. The second-order valence-electron chi connectivity index (χ2n) is 8.56. The molecule has 2 N–H and O–H groups in total. The summed E-state index contributed by atoms with van der Waals surface area (Å²) in [7, 11) is 3.13. The average molecular weight is 499 g/mol. The molecule has 0 unspecified atom stereocenters. The number of fused-ring (bicyclic) bond motifs is 1. The predicted molar refractivity (Wildman–Crippen MR) is 139 cm³/mol. The molecule has 5 rings (SSSR count). The maximum Gasteiger partial charge on any atom is 0.265 e. The zero-order valence-electron chi connectivity index (χ0n) is 20.6. The highest BCUT2D eigenvalue weighted by Gasteiger charge is 2.25. The standard InChI is InChI=1S/C28H26N4O5/c1-17-27(33)30-22-14-20(10-12-23(22)37-17)29-28(34)21-16-32(15-18-7-5-4-6-8-18)31-26(21)19-9-11-24(35-2)25(13-19)36-3/h4-14,16-17H,15H2,1-3H3,(H,29,34)(H,30,33)/t17-/m0/s1. The molecule has 2 amide bonds. The minimum atomic E-state index is -0.576. The van der Waals surface area contributed by atoms with Crippen molar-refractivity contribution in [3.05, 3.63) is 84.1 Å². The van der Waals surface area contributed by atoms with Gasteiger partial charge in [0.1, 0.15) is 11.4 Å². The molecule has 0 saturated heterocycles. The zero-order valence-corrected chi connectivity index (χ0v) is 20.6. The molecule has 9 nitrogen and oxygen atoms in total. The van der Waals surface area contributed by atoms with E-state index >= 15 is 0 Å². The summed E-state index contributed by atoms with van der Waals surface area (Å²) in [6.45, 7) is 2.17. The lowest BCUT2D eigenvalue weighted by Gasteiger charge is -2.23. The van der Waals surface area contributed by atoms with Gasteiger partial charge in [0.2, 0.25) is 0 Å². The predicted octanol–water partition coefficient (Wildman–Crippen LogP) is 4.59. The van der Waals surface area contributed by atoms with Crippen LogP contribution in [0.5, 0.6) is 17.2 Å². The Bertz CT molecular complexity index is 1460. The summed E-state index contributed by atoms with van der Waals surface area (Å²) < 4.78 is 18.2. The summed E-state index contributed by atoms with van der Waals surface area (Å²) in [6.07, 6.45) is 1.15. The lowest BCUT2D eigenvalue weighted by molar-refractivity contribution is -0.122. The summed E-state index contributed by atoms with van der Waals surface area (Å²) in [5, 5.41) is 10.5. The van der Waals surface area contributed by atoms with Gasteiger partial charge in [0.05, 0.1) is 32.0 Å². The van der Waals surface area contributed by atoms with E-state index in [9.17, 15) is 9.59 Å². The van der Waals surface area contributed by atoms with E-state index in [-0.39, 0.29) is 11.8 Å². The second kappa shape index (κ2) is 10.1. The fourth-order valence-electron chi connectivity index (χ4n) is 4.12. The number of aromatic nitrogens is 2. The van der Waals surface area contributed by atoms with Crippen molar-refractivity contribution >= 4 is 23.2 Å². The molecule has 0 fully saturated rings. The fraction of sp³-hybridized carbons (Fsp3) is 0.179. The molecule has 37 heavy (non-hydrogen) atoms. The van der Waals surface area contributed by atoms with Crippen LogP contribution >= 0.6 is 0 Å². The molecular formula is C28H26N4O5. The van der Waals surface area contributed by atoms with Crippen molar-refractivity contribution in [1.29, 1.82) is 0 Å². The van der Waals surface area contributed by atoms with Crippen LogP contribution in [-0.4, -0.2) is 41.9 Å². The van der Waals surface area contributed by atoms with Crippen molar-refractivity contribution in [2.24, 2.45) is 0 Å². The third-order valence-electron chi connectivity index (χ3n) is 6.02. The normalized spacial score (nSPS) is 14.2. The molecule has 1 aliphatic heterocycles. The minimum absolute atomic E-state index is 0.242. The molecule has 188 valence electrons. The Hall–Kier alpha value is -4.79. The van der Waals surface area contributed by atoms with E-state index in [1.54, 1.807) is 62.4 Å². The summed E-state index contributed by atoms with van der Waals surface area (Å²) in [5.41, 5.74) is 3.65. The van der Waals surface area contributed by atoms with E-state index in [0.717, 1.165) is 5.56 Å². The number of carbonyl (C=O) groups excluding carboxylic acids is 2. The Kier molecular flexibility index (Phi) is 6.51. The molecule has 1 atom stereocenters. The van der Waals surface area contributed by atoms with Crippen molar-refractivity contribution in [2.45, 2.75) is 19.6 Å². The highest BCUT2D eigenvalue weighted by atomic mass is 16.5. The summed E-state index contributed by atoms with van der Waals surface area (Å²) >= 11 is 0. The SMILES string of the molecule is COc1ccc(-c2nn(Cc3ccccc3)cc2C(=O)Nc2ccc3c(c2)NC(=O)[C@H](C)O3)cc1OC. The third kappa shape index (κ3) is 4.97. The number of nitrogens with one attached hydrogen (secondary N) is 2. The van der Waals surface area contributed by atoms with Crippen LogP contribution in [0.1, 0.15) is 22.8 Å². The lowest BCUT2D eigenvalue weighted by Crippen LogP contribution is -2.34. The highest BCUT2D eigenvalue weighted by Crippen LogP contribution is 2.35. The van der Waals surface area contributed by atoms with Gasteiger partial charge in [-0.25, -0.2) is 0 Å². The summed E-state index contributed by atoms with van der Waals surface area (Å²) in [5.74, 6) is 1.07. The van der Waals surface area contributed by atoms with E-state index in [1.165, 1.54) is 0 Å². The Balaban J connectivity index is 1.49. The average Bonchev–Trinajstić information content (AvgIpc) is 3.33. The Labute approximate surface area is 214 Å². The number of carbonyl (C=O) groups is 2. The number of nitrogens with zero attached hydrogens (tertiary/aromatic N) is 2. The van der Waals surface area contributed by atoms with Crippen LogP contribution in [0.2, 0.25) is 0 Å². The Morgan fingerprint density at radius 3 is 2.59 bits per heavy atom. The number of anilines is 2. The van der Waals surface area contributed by atoms with Gasteiger partial charge in [-0.15, -0.1) is 0 Å². The molecule has 1 aliphatic rings. The highest BCUT2D eigenvalue weighted by molar-refractivity contribution is 6.08. The number of benzene rings is 3. The monoisotopic (exact) mass is 498 g/mol. The van der Waals surface area contributed by atoms with Crippen molar-refractivity contribution < 1.29 is 23.8 Å². The van der Waals surface area contributed by atoms with Crippen molar-refractivity contribution in [2.75, 3.05) is 24.9 Å². The molecule has 0 bridgehead atoms. The van der Waals surface area contributed by atoms with Crippen LogP contribution in [0.3, 0.4) is 0 Å². The van der Waals surface area contributed by atoms with Crippen molar-refractivity contribution in [1.82, 2.24) is 9.78 Å². The van der Waals surface area contributed by atoms with Crippen LogP contribution in [0.25, 0.3) is 11.3 Å². The van der Waals surface area contributed by atoms with E-state index in [4.69, 9.17) is 19.3 Å². The fourth-order valence-corrected chi connectivity index (χ4v) is 4.12. The molecule has 0 aliphatic carbocycles. The smallest absolute Gasteiger partial charge is 0.265 e. The first kappa shape index (κ1) is 23.9. The minimum Gasteiger partial charge on any atom is -0.493 e. The van der Waals surface area contributed by atoms with Crippen LogP contribution in [0.4, 0.5) is 11.4 Å². The van der Waals surface area contributed by atoms with Crippen LogP contribution in [0.15, 0.2) is 72.9 Å². The maximum absolute atomic E-state index is 13.5. The first-order valence-electron chi connectivity index (χ1n) is 11.7. The van der Waals surface area contributed by atoms with Gasteiger partial charge in [-0.2, -0.15) is 5.10 Å². The topological polar surface area (TPSA) is 104 Å². The van der Waals surface area contributed by atoms with Gasteiger partial charge >= 0.3 is 0 Å². The van der Waals surface area contributed by atoms with E-state index < -0.39 is 6.10 Å². The van der Waals surface area contributed by atoms with Gasteiger partial charge in [0.15, 0.2) is 17.6 Å². The Morgan fingerprint density at radius 1 is 1.05 bits per heavy atom. The van der Waals surface area contributed by atoms with E-state index in [0.29, 0.717) is 52.0 Å². The zero-order chi connectivity index (χ0) is 25.9. The van der Waals surface area contributed by atoms with Gasteiger partial charge in [0.25, 0.3) is 11.8 Å². The van der Waals surface area contributed by atoms with E-state index in [2.05, 4.69) is 10.6 Å². The number of hydrogen-bond donors (Lipinski definition) is 2. The second-order valence-corrected chi connectivity index (χ2v) is 8.56. The maximum atomic E-state index is 13.5. The molecular weight excluding hydrogens is 472 g/mol. The number of methoxy groups -OCH3 is 2. The van der Waals surface area contributed by atoms with Gasteiger partial charge in [-0.05, 0) is 48.9 Å².